The SMILES string of the molecule is Cc1cc(C(=O)O)ccc1Nc1ccc(F)cc1F. The highest BCUT2D eigenvalue weighted by atomic mass is 19.1. The first-order chi connectivity index (χ1) is 8.97. The Morgan fingerprint density at radius 1 is 1.11 bits per heavy atom. The quantitative estimate of drug-likeness (QED) is 0.887. The van der Waals surface area contributed by atoms with Gasteiger partial charge in [0.15, 0.2) is 0 Å². The average molecular weight is 263 g/mol. The highest BCUT2D eigenvalue weighted by molar-refractivity contribution is 5.88. The summed E-state index contributed by atoms with van der Waals surface area (Å²) in [5.41, 5.74) is 1.51. The summed E-state index contributed by atoms with van der Waals surface area (Å²) in [5, 5.41) is 11.6. The summed E-state index contributed by atoms with van der Waals surface area (Å²) in [6.45, 7) is 1.70. The van der Waals surface area contributed by atoms with Crippen molar-refractivity contribution in [3.05, 3.63) is 59.2 Å². The predicted octanol–water partition coefficient (Wildman–Crippen LogP) is 3.72. The Labute approximate surface area is 108 Å². The van der Waals surface area contributed by atoms with Crippen LogP contribution in [0.4, 0.5) is 20.2 Å². The fourth-order valence-corrected chi connectivity index (χ4v) is 1.67. The van der Waals surface area contributed by atoms with E-state index < -0.39 is 17.6 Å². The Kier molecular flexibility index (Phi) is 3.46. The van der Waals surface area contributed by atoms with Crippen molar-refractivity contribution in [2.75, 3.05) is 5.32 Å². The third-order valence-electron chi connectivity index (χ3n) is 2.67. The monoisotopic (exact) mass is 263 g/mol. The van der Waals surface area contributed by atoms with Gasteiger partial charge < -0.3 is 10.4 Å². The molecule has 0 amide bonds. The van der Waals surface area contributed by atoms with Crippen molar-refractivity contribution < 1.29 is 18.7 Å². The van der Waals surface area contributed by atoms with Gasteiger partial charge in [0.2, 0.25) is 0 Å². The van der Waals surface area contributed by atoms with Gasteiger partial charge in [0.25, 0.3) is 0 Å². The Morgan fingerprint density at radius 2 is 1.79 bits per heavy atom. The molecule has 0 saturated carbocycles. The van der Waals surface area contributed by atoms with Crippen LogP contribution in [0, 0.1) is 18.6 Å². The lowest BCUT2D eigenvalue weighted by atomic mass is 10.1. The lowest BCUT2D eigenvalue weighted by molar-refractivity contribution is 0.0697. The lowest BCUT2D eigenvalue weighted by Gasteiger charge is -2.11. The van der Waals surface area contributed by atoms with Crippen molar-refractivity contribution in [2.24, 2.45) is 0 Å². The van der Waals surface area contributed by atoms with E-state index in [9.17, 15) is 13.6 Å². The van der Waals surface area contributed by atoms with E-state index in [4.69, 9.17) is 5.11 Å². The van der Waals surface area contributed by atoms with Crippen molar-refractivity contribution in [3.8, 4) is 0 Å². The van der Waals surface area contributed by atoms with Gasteiger partial charge in [-0.2, -0.15) is 0 Å². The van der Waals surface area contributed by atoms with Gasteiger partial charge in [0.1, 0.15) is 11.6 Å². The van der Waals surface area contributed by atoms with Gasteiger partial charge in [0.05, 0.1) is 11.3 Å². The number of rotatable bonds is 3. The molecule has 2 aromatic rings. The molecule has 0 fully saturated rings. The molecule has 0 aliphatic carbocycles. The van der Waals surface area contributed by atoms with Gasteiger partial charge in [-0.05, 0) is 42.8 Å². The van der Waals surface area contributed by atoms with Crippen LogP contribution in [-0.2, 0) is 0 Å². The molecule has 0 saturated heterocycles. The molecular formula is C14H11F2NO2. The van der Waals surface area contributed by atoms with Gasteiger partial charge in [-0.1, -0.05) is 0 Å². The number of aryl methyl sites for hydroxylation is 1. The maximum Gasteiger partial charge on any atom is 0.335 e. The molecular weight excluding hydrogens is 252 g/mol. The second-order valence-electron chi connectivity index (χ2n) is 4.08. The minimum atomic E-state index is -1.03. The third-order valence-corrected chi connectivity index (χ3v) is 2.67. The number of benzene rings is 2. The van der Waals surface area contributed by atoms with E-state index in [1.807, 2.05) is 0 Å². The van der Waals surface area contributed by atoms with E-state index in [2.05, 4.69) is 5.32 Å². The number of carboxylic acids is 1. The molecule has 0 spiro atoms. The van der Waals surface area contributed by atoms with Crippen LogP contribution in [0.25, 0.3) is 0 Å². The van der Waals surface area contributed by atoms with Crippen LogP contribution in [0.5, 0.6) is 0 Å². The molecule has 0 heterocycles. The molecule has 0 atom stereocenters. The van der Waals surface area contributed by atoms with E-state index in [-0.39, 0.29) is 11.3 Å². The summed E-state index contributed by atoms with van der Waals surface area (Å²) in [4.78, 5) is 10.8. The van der Waals surface area contributed by atoms with E-state index in [0.717, 1.165) is 12.1 Å². The lowest BCUT2D eigenvalue weighted by Crippen LogP contribution is -2.00. The highest BCUT2D eigenvalue weighted by Crippen LogP contribution is 2.24. The van der Waals surface area contributed by atoms with Crippen LogP contribution in [-0.4, -0.2) is 11.1 Å². The second kappa shape index (κ2) is 5.06. The molecule has 0 radical (unpaired) electrons. The summed E-state index contributed by atoms with van der Waals surface area (Å²) < 4.78 is 26.3. The Bertz CT molecular complexity index is 641. The fourth-order valence-electron chi connectivity index (χ4n) is 1.67. The molecule has 5 heteroatoms. The van der Waals surface area contributed by atoms with Gasteiger partial charge in [0, 0.05) is 11.8 Å². The standard InChI is InChI=1S/C14H11F2NO2/c1-8-6-9(14(18)19)2-4-12(8)17-13-5-3-10(15)7-11(13)16/h2-7,17H,1H3,(H,18,19). The minimum Gasteiger partial charge on any atom is -0.478 e. The Balaban J connectivity index is 2.31. The zero-order valence-electron chi connectivity index (χ0n) is 10.1. The van der Waals surface area contributed by atoms with E-state index in [1.165, 1.54) is 18.2 Å². The molecule has 2 N–H and O–H groups in total. The first-order valence-electron chi connectivity index (χ1n) is 5.53. The molecule has 2 aromatic carbocycles. The molecule has 98 valence electrons. The number of carbonyl (C=O) groups is 1. The molecule has 3 nitrogen and oxygen atoms in total. The highest BCUT2D eigenvalue weighted by Gasteiger charge is 2.08. The molecule has 0 aliphatic heterocycles. The Morgan fingerprint density at radius 3 is 2.37 bits per heavy atom. The van der Waals surface area contributed by atoms with Crippen molar-refractivity contribution in [2.45, 2.75) is 6.92 Å². The number of hydrogen-bond acceptors (Lipinski definition) is 2. The van der Waals surface area contributed by atoms with Gasteiger partial charge in [-0.3, -0.25) is 0 Å². The number of aromatic carboxylic acids is 1. The molecule has 0 unspecified atom stereocenters. The largest absolute Gasteiger partial charge is 0.478 e. The molecule has 19 heavy (non-hydrogen) atoms. The summed E-state index contributed by atoms with van der Waals surface area (Å²) >= 11 is 0. The number of halogens is 2. The van der Waals surface area contributed by atoms with Crippen LogP contribution in [0.1, 0.15) is 15.9 Å². The summed E-state index contributed by atoms with van der Waals surface area (Å²) in [7, 11) is 0. The van der Waals surface area contributed by atoms with Crippen molar-refractivity contribution >= 4 is 17.3 Å². The van der Waals surface area contributed by atoms with Crippen LogP contribution in [0.3, 0.4) is 0 Å². The van der Waals surface area contributed by atoms with Crippen LogP contribution >= 0.6 is 0 Å². The van der Waals surface area contributed by atoms with Crippen LogP contribution in [0.2, 0.25) is 0 Å². The summed E-state index contributed by atoms with van der Waals surface area (Å²) in [5.74, 6) is -2.38. The van der Waals surface area contributed by atoms with E-state index in [0.29, 0.717) is 11.3 Å². The smallest absolute Gasteiger partial charge is 0.335 e. The van der Waals surface area contributed by atoms with Crippen molar-refractivity contribution in [3.63, 3.8) is 0 Å². The predicted molar refractivity (Wildman–Crippen MR) is 67.8 cm³/mol. The maximum absolute atomic E-state index is 13.5. The number of hydrogen-bond donors (Lipinski definition) is 2. The first kappa shape index (κ1) is 13.0. The third kappa shape index (κ3) is 2.88. The molecule has 0 aromatic heterocycles. The van der Waals surface area contributed by atoms with Gasteiger partial charge in [-0.25, -0.2) is 13.6 Å². The summed E-state index contributed by atoms with van der Waals surface area (Å²) in [6, 6.07) is 7.65. The van der Waals surface area contributed by atoms with Crippen LogP contribution in [0.15, 0.2) is 36.4 Å². The van der Waals surface area contributed by atoms with E-state index >= 15 is 0 Å². The first-order valence-corrected chi connectivity index (χ1v) is 5.53. The number of carboxylic acid groups (broad SMARTS) is 1. The van der Waals surface area contributed by atoms with E-state index in [1.54, 1.807) is 13.0 Å². The number of nitrogens with one attached hydrogen (secondary N) is 1. The van der Waals surface area contributed by atoms with Crippen LogP contribution < -0.4 is 5.32 Å². The Hall–Kier alpha value is -2.43. The maximum atomic E-state index is 13.5. The topological polar surface area (TPSA) is 49.3 Å². The zero-order chi connectivity index (χ0) is 14.0. The molecule has 0 aliphatic rings. The summed E-state index contributed by atoms with van der Waals surface area (Å²) in [6.07, 6.45) is 0. The van der Waals surface area contributed by atoms with Gasteiger partial charge >= 0.3 is 5.97 Å². The minimum absolute atomic E-state index is 0.132. The second-order valence-corrected chi connectivity index (χ2v) is 4.08. The zero-order valence-corrected chi connectivity index (χ0v) is 10.1. The fraction of sp³-hybridized carbons (Fsp3) is 0.0714. The molecule has 0 bridgehead atoms. The molecule has 2 rings (SSSR count). The number of anilines is 2. The van der Waals surface area contributed by atoms with Gasteiger partial charge in [-0.15, -0.1) is 0 Å². The normalized spacial score (nSPS) is 10.3. The average Bonchev–Trinajstić information content (AvgIpc) is 2.34. The van der Waals surface area contributed by atoms with Crippen molar-refractivity contribution in [1.29, 1.82) is 0 Å². The van der Waals surface area contributed by atoms with Crippen molar-refractivity contribution in [1.82, 2.24) is 0 Å².